The Morgan fingerprint density at radius 1 is 1.22 bits per heavy atom. The summed E-state index contributed by atoms with van der Waals surface area (Å²) in [5.74, 6) is -0.309. The van der Waals surface area contributed by atoms with Crippen molar-refractivity contribution in [3.63, 3.8) is 0 Å². The normalized spacial score (nSPS) is 27.7. The molecule has 1 aromatic carbocycles. The van der Waals surface area contributed by atoms with Crippen molar-refractivity contribution in [2.75, 3.05) is 0 Å². The molecule has 1 saturated carbocycles. The van der Waals surface area contributed by atoms with E-state index in [0.29, 0.717) is 18.4 Å². The van der Waals surface area contributed by atoms with Crippen LogP contribution in [0, 0.1) is 20.8 Å². The number of hydrogen-bond donors (Lipinski definition) is 1. The molecule has 23 heavy (non-hydrogen) atoms. The van der Waals surface area contributed by atoms with E-state index in [4.69, 9.17) is 7.80 Å². The minimum Gasteiger partial charge on any atom is -0.507 e. The summed E-state index contributed by atoms with van der Waals surface area (Å²) >= 11 is 1.91. The second-order valence-electron chi connectivity index (χ2n) is 6.67. The van der Waals surface area contributed by atoms with Gasteiger partial charge in [-0.1, -0.05) is 17.7 Å². The summed E-state index contributed by atoms with van der Waals surface area (Å²) in [4.78, 5) is 12.5. The van der Waals surface area contributed by atoms with Gasteiger partial charge in [0.25, 0.3) is 0 Å². The van der Waals surface area contributed by atoms with E-state index >= 15 is 0 Å². The van der Waals surface area contributed by atoms with Gasteiger partial charge in [-0.05, 0) is 63.1 Å². The van der Waals surface area contributed by atoms with Crippen LogP contribution in [0.5, 0.6) is 0 Å². The van der Waals surface area contributed by atoms with E-state index in [2.05, 4.69) is 0 Å². The fraction of sp³-hybridized carbons (Fsp3) is 0.500. The van der Waals surface area contributed by atoms with Crippen LogP contribution in [0.2, 0.25) is 0 Å². The lowest BCUT2D eigenvalue weighted by Gasteiger charge is -2.34. The van der Waals surface area contributed by atoms with Crippen molar-refractivity contribution in [1.29, 1.82) is 0 Å². The van der Waals surface area contributed by atoms with Crippen molar-refractivity contribution in [2.45, 2.75) is 58.2 Å². The first-order chi connectivity index (χ1) is 10.9. The maximum Gasteiger partial charge on any atom is 0.343 e. The Labute approximate surface area is 150 Å². The van der Waals surface area contributed by atoms with Gasteiger partial charge >= 0.3 is 5.97 Å². The summed E-state index contributed by atoms with van der Waals surface area (Å²) in [6, 6.07) is 4.06. The molecule has 1 aromatic rings. The van der Waals surface area contributed by atoms with Crippen LogP contribution in [0.25, 0.3) is 5.57 Å². The van der Waals surface area contributed by atoms with Gasteiger partial charge in [0.05, 0.1) is 6.10 Å². The SMILES string of the molecule is Cc1cc(C)c(C2=C(O)C3(CCC(OI)CC3)OC2=O)c(C)c1. The highest BCUT2D eigenvalue weighted by molar-refractivity contribution is 14.1. The van der Waals surface area contributed by atoms with Gasteiger partial charge in [-0.25, -0.2) is 4.79 Å². The molecule has 0 unspecified atom stereocenters. The lowest BCUT2D eigenvalue weighted by atomic mass is 9.80. The van der Waals surface area contributed by atoms with Crippen molar-refractivity contribution in [2.24, 2.45) is 0 Å². The Morgan fingerprint density at radius 2 is 1.78 bits per heavy atom. The van der Waals surface area contributed by atoms with Gasteiger partial charge in [0.15, 0.2) is 11.4 Å². The van der Waals surface area contributed by atoms with Crippen LogP contribution in [-0.4, -0.2) is 22.8 Å². The average molecular weight is 428 g/mol. The number of hydrogen-bond acceptors (Lipinski definition) is 4. The monoisotopic (exact) mass is 428 g/mol. The molecule has 124 valence electrons. The fourth-order valence-electron chi connectivity index (χ4n) is 3.88. The summed E-state index contributed by atoms with van der Waals surface area (Å²) < 4.78 is 11.0. The third-order valence-corrected chi connectivity index (χ3v) is 5.67. The van der Waals surface area contributed by atoms with E-state index in [1.807, 2.05) is 55.9 Å². The second kappa shape index (κ2) is 6.09. The van der Waals surface area contributed by atoms with Gasteiger partial charge in [-0.3, -0.25) is 0 Å². The smallest absolute Gasteiger partial charge is 0.343 e. The van der Waals surface area contributed by atoms with E-state index in [1.165, 1.54) is 0 Å². The third-order valence-electron chi connectivity index (χ3n) is 4.95. The van der Waals surface area contributed by atoms with Gasteiger partial charge in [-0.2, -0.15) is 0 Å². The number of aliphatic hydroxyl groups is 1. The number of esters is 1. The molecule has 1 aliphatic carbocycles. The van der Waals surface area contributed by atoms with Crippen LogP contribution >= 0.6 is 23.0 Å². The molecule has 0 bridgehead atoms. The molecule has 5 heteroatoms. The molecule has 1 fully saturated rings. The Morgan fingerprint density at radius 3 is 2.30 bits per heavy atom. The zero-order chi connectivity index (χ0) is 16.8. The predicted octanol–water partition coefficient (Wildman–Crippen LogP) is 4.49. The van der Waals surface area contributed by atoms with Crippen molar-refractivity contribution >= 4 is 34.5 Å². The highest BCUT2D eigenvalue weighted by Crippen LogP contribution is 2.47. The van der Waals surface area contributed by atoms with Crippen LogP contribution in [0.3, 0.4) is 0 Å². The van der Waals surface area contributed by atoms with E-state index < -0.39 is 11.6 Å². The molecule has 1 spiro atoms. The van der Waals surface area contributed by atoms with Crippen LogP contribution < -0.4 is 0 Å². The van der Waals surface area contributed by atoms with Crippen LogP contribution in [0.4, 0.5) is 0 Å². The Balaban J connectivity index is 2.04. The molecule has 0 radical (unpaired) electrons. The standard InChI is InChI=1S/C18H21IO4/c1-10-8-11(2)14(12(3)9-10)15-16(20)18(22-17(15)21)6-4-13(23-19)5-7-18/h8-9,13,20H,4-7H2,1-3H3. The molecule has 0 atom stereocenters. The zero-order valence-corrected chi connectivity index (χ0v) is 15.8. The molecule has 1 N–H and O–H groups in total. The first-order valence-electron chi connectivity index (χ1n) is 7.90. The lowest BCUT2D eigenvalue weighted by Crippen LogP contribution is -2.38. The molecule has 0 aromatic heterocycles. The van der Waals surface area contributed by atoms with Crippen molar-refractivity contribution in [3.8, 4) is 0 Å². The van der Waals surface area contributed by atoms with Crippen LogP contribution in [-0.2, 0) is 12.6 Å². The maximum atomic E-state index is 12.5. The van der Waals surface area contributed by atoms with Crippen LogP contribution in [0.1, 0.15) is 47.9 Å². The number of benzene rings is 1. The van der Waals surface area contributed by atoms with Gasteiger partial charge in [0.2, 0.25) is 0 Å². The largest absolute Gasteiger partial charge is 0.507 e. The van der Waals surface area contributed by atoms with Gasteiger partial charge in [0.1, 0.15) is 28.6 Å². The summed E-state index contributed by atoms with van der Waals surface area (Å²) in [6.45, 7) is 5.96. The molecular formula is C18H21IO4. The minimum atomic E-state index is -0.859. The predicted molar refractivity (Wildman–Crippen MR) is 96.4 cm³/mol. The Hall–Kier alpha value is -1.08. The van der Waals surface area contributed by atoms with Gasteiger partial charge in [-0.15, -0.1) is 0 Å². The number of carbonyl (C=O) groups is 1. The third kappa shape index (κ3) is 2.78. The average Bonchev–Trinajstić information content (AvgIpc) is 2.72. The van der Waals surface area contributed by atoms with Crippen molar-refractivity contribution in [1.82, 2.24) is 0 Å². The Bertz CT molecular complexity index is 661. The Kier molecular flexibility index (Phi) is 4.44. The molecule has 1 aliphatic heterocycles. The van der Waals surface area contributed by atoms with E-state index in [-0.39, 0.29) is 11.9 Å². The summed E-state index contributed by atoms with van der Waals surface area (Å²) in [6.07, 6.45) is 2.93. The zero-order valence-electron chi connectivity index (χ0n) is 13.6. The van der Waals surface area contributed by atoms with Gasteiger partial charge < -0.3 is 12.9 Å². The molecule has 4 nitrogen and oxygen atoms in total. The highest BCUT2D eigenvalue weighted by Gasteiger charge is 2.50. The fourth-order valence-corrected chi connectivity index (χ4v) is 4.39. The quantitative estimate of drug-likeness (QED) is 0.558. The molecule has 3 rings (SSSR count). The number of ether oxygens (including phenoxy) is 1. The molecule has 1 heterocycles. The van der Waals surface area contributed by atoms with E-state index in [9.17, 15) is 9.90 Å². The topological polar surface area (TPSA) is 55.8 Å². The number of aryl methyl sites for hydroxylation is 3. The van der Waals surface area contributed by atoms with Crippen molar-refractivity contribution in [3.05, 3.63) is 40.1 Å². The van der Waals surface area contributed by atoms with E-state index in [0.717, 1.165) is 35.1 Å². The number of rotatable bonds is 2. The van der Waals surface area contributed by atoms with Crippen molar-refractivity contribution < 1.29 is 17.7 Å². The summed E-state index contributed by atoms with van der Waals surface area (Å²) in [5, 5.41) is 10.9. The number of halogens is 1. The first kappa shape index (κ1) is 16.8. The molecule has 2 aliphatic rings. The molecule has 0 saturated heterocycles. The maximum absolute atomic E-state index is 12.5. The van der Waals surface area contributed by atoms with E-state index in [1.54, 1.807) is 0 Å². The highest BCUT2D eigenvalue weighted by atomic mass is 127. The minimum absolute atomic E-state index is 0.101. The lowest BCUT2D eigenvalue weighted by molar-refractivity contribution is -0.150. The first-order valence-corrected chi connectivity index (χ1v) is 8.79. The molecule has 0 amide bonds. The molecular weight excluding hydrogens is 407 g/mol. The summed E-state index contributed by atoms with van der Waals surface area (Å²) in [5.41, 5.74) is 3.41. The second-order valence-corrected chi connectivity index (χ2v) is 7.18. The summed E-state index contributed by atoms with van der Waals surface area (Å²) in [7, 11) is 0. The number of carbonyl (C=O) groups excluding carboxylic acids is 1. The van der Waals surface area contributed by atoms with Gasteiger partial charge in [0, 0.05) is 0 Å². The van der Waals surface area contributed by atoms with Crippen LogP contribution in [0.15, 0.2) is 17.9 Å². The number of aliphatic hydroxyl groups excluding tert-OH is 1.